The lowest BCUT2D eigenvalue weighted by atomic mass is 10.2. The zero-order valence-electron chi connectivity index (χ0n) is 17.4. The van der Waals surface area contributed by atoms with E-state index in [0.717, 1.165) is 19.3 Å². The molecule has 0 aliphatic carbocycles. The summed E-state index contributed by atoms with van der Waals surface area (Å²) in [5.41, 5.74) is 0.588. The van der Waals surface area contributed by atoms with E-state index in [-0.39, 0.29) is 28.4 Å². The number of nitrogens with zero attached hydrogens (tertiary/aromatic N) is 3. The summed E-state index contributed by atoms with van der Waals surface area (Å²) < 4.78 is 34.8. The van der Waals surface area contributed by atoms with Gasteiger partial charge < -0.3 is 14.6 Å². The zero-order valence-corrected chi connectivity index (χ0v) is 18.9. The summed E-state index contributed by atoms with van der Waals surface area (Å²) in [7, 11) is -3.92. The van der Waals surface area contributed by atoms with Crippen LogP contribution in [0.1, 0.15) is 41.9 Å². The van der Waals surface area contributed by atoms with Gasteiger partial charge in [0.05, 0.1) is 22.2 Å². The van der Waals surface area contributed by atoms with Gasteiger partial charge in [-0.15, -0.1) is 4.40 Å². The number of hydrogen-bond donors (Lipinski definition) is 1. The molecule has 5 rings (SSSR count). The first-order valence-corrected chi connectivity index (χ1v) is 12.2. The van der Waals surface area contributed by atoms with Crippen LogP contribution >= 0.6 is 11.6 Å². The molecule has 1 aromatic heterocycles. The van der Waals surface area contributed by atoms with Gasteiger partial charge in [0.25, 0.3) is 15.6 Å². The van der Waals surface area contributed by atoms with Gasteiger partial charge in [0, 0.05) is 18.0 Å². The molecule has 33 heavy (non-hydrogen) atoms. The van der Waals surface area contributed by atoms with Gasteiger partial charge in [-0.25, -0.2) is 9.78 Å². The predicted molar refractivity (Wildman–Crippen MR) is 123 cm³/mol. The number of amidine groups is 1. The Morgan fingerprint density at radius 2 is 2.00 bits per heavy atom. The number of carbonyl (C=O) groups is 1. The van der Waals surface area contributed by atoms with Crippen LogP contribution in [0.5, 0.6) is 0 Å². The number of sulfonamides is 1. The van der Waals surface area contributed by atoms with Crippen LogP contribution in [-0.4, -0.2) is 36.7 Å². The number of carbonyl (C=O) groups excluding carboxylic acids is 1. The standard InChI is InChI=1S/C22H19ClN4O5S/c23-14-6-7-15-16(11-14)24-19(25-21(15)28)12-32-22(29)13-5-8-17-18(10-13)33(30,31)26-20-4-2-1-3-9-27(17)20/h5-8,10-11H,1-4,9,12H2,(H,24,25,28). The molecule has 0 unspecified atom stereocenters. The average molecular weight is 487 g/mol. The lowest BCUT2D eigenvalue weighted by Gasteiger charge is -2.29. The van der Waals surface area contributed by atoms with Crippen molar-refractivity contribution in [2.75, 3.05) is 11.4 Å². The maximum atomic E-state index is 12.8. The Morgan fingerprint density at radius 3 is 2.85 bits per heavy atom. The summed E-state index contributed by atoms with van der Waals surface area (Å²) in [6, 6.07) is 9.12. The number of anilines is 1. The topological polar surface area (TPSA) is 122 Å². The number of hydrogen-bond acceptors (Lipinski definition) is 7. The molecule has 3 aromatic rings. The third-order valence-electron chi connectivity index (χ3n) is 5.64. The van der Waals surface area contributed by atoms with Crippen molar-refractivity contribution in [1.82, 2.24) is 9.97 Å². The smallest absolute Gasteiger partial charge is 0.338 e. The Morgan fingerprint density at radius 1 is 1.15 bits per heavy atom. The molecule has 3 heterocycles. The molecular weight excluding hydrogens is 468 g/mol. The quantitative estimate of drug-likeness (QED) is 0.563. The van der Waals surface area contributed by atoms with E-state index in [1.807, 2.05) is 4.90 Å². The second-order valence-electron chi connectivity index (χ2n) is 7.88. The first kappa shape index (κ1) is 21.6. The minimum atomic E-state index is -3.92. The summed E-state index contributed by atoms with van der Waals surface area (Å²) in [6.45, 7) is 0.380. The highest BCUT2D eigenvalue weighted by atomic mass is 35.5. The van der Waals surface area contributed by atoms with E-state index in [1.165, 1.54) is 12.1 Å². The van der Waals surface area contributed by atoms with Crippen molar-refractivity contribution in [2.24, 2.45) is 4.40 Å². The Bertz CT molecular complexity index is 1480. The van der Waals surface area contributed by atoms with Crippen LogP contribution in [0.2, 0.25) is 5.02 Å². The molecule has 1 N–H and O–H groups in total. The molecule has 1 fully saturated rings. The van der Waals surface area contributed by atoms with Crippen LogP contribution in [0, 0.1) is 0 Å². The molecule has 0 spiro atoms. The van der Waals surface area contributed by atoms with Crippen molar-refractivity contribution < 1.29 is 17.9 Å². The normalized spacial score (nSPS) is 17.0. The highest BCUT2D eigenvalue weighted by Crippen LogP contribution is 2.35. The van der Waals surface area contributed by atoms with Crippen LogP contribution in [0.3, 0.4) is 0 Å². The first-order chi connectivity index (χ1) is 15.8. The molecule has 0 bridgehead atoms. The molecule has 0 saturated carbocycles. The van der Waals surface area contributed by atoms with Gasteiger partial charge in [0.2, 0.25) is 0 Å². The van der Waals surface area contributed by atoms with Gasteiger partial charge in [0.1, 0.15) is 23.2 Å². The molecule has 170 valence electrons. The third kappa shape index (κ3) is 4.11. The summed E-state index contributed by atoms with van der Waals surface area (Å²) in [6.07, 6.45) is 3.43. The van der Waals surface area contributed by atoms with Gasteiger partial charge in [-0.2, -0.15) is 8.42 Å². The number of halogens is 1. The SMILES string of the molecule is O=C(OCc1nc2cc(Cl)ccc2c(=O)[nH]1)c1ccc2c(c1)S(=O)(=O)N=C1CCCCCN12. The summed E-state index contributed by atoms with van der Waals surface area (Å²) in [5, 5.41) is 0.789. The maximum absolute atomic E-state index is 12.8. The van der Waals surface area contributed by atoms with Crippen LogP contribution in [0.15, 0.2) is 50.5 Å². The number of fused-ring (bicyclic) bond motifs is 4. The van der Waals surface area contributed by atoms with Crippen LogP contribution in [0.25, 0.3) is 10.9 Å². The Balaban J connectivity index is 1.40. The van der Waals surface area contributed by atoms with E-state index < -0.39 is 16.0 Å². The Kier molecular flexibility index (Phi) is 5.41. The molecule has 2 aromatic carbocycles. The van der Waals surface area contributed by atoms with E-state index in [2.05, 4.69) is 14.4 Å². The van der Waals surface area contributed by atoms with Gasteiger partial charge in [-0.1, -0.05) is 18.0 Å². The number of ether oxygens (including phenoxy) is 1. The fourth-order valence-corrected chi connectivity index (χ4v) is 5.50. The number of aromatic nitrogens is 2. The number of benzene rings is 2. The largest absolute Gasteiger partial charge is 0.454 e. The fraction of sp³-hybridized carbons (Fsp3) is 0.273. The molecular formula is C22H19ClN4O5S. The summed E-state index contributed by atoms with van der Waals surface area (Å²) >= 11 is 5.96. The van der Waals surface area contributed by atoms with Crippen LogP contribution in [-0.2, 0) is 21.4 Å². The summed E-state index contributed by atoms with van der Waals surface area (Å²) in [5.74, 6) is -0.0539. The lowest BCUT2D eigenvalue weighted by molar-refractivity contribution is 0.0462. The molecule has 2 aliphatic rings. The van der Waals surface area contributed by atoms with E-state index in [1.54, 1.807) is 24.3 Å². The monoisotopic (exact) mass is 486 g/mol. The van der Waals surface area contributed by atoms with Crippen molar-refractivity contribution in [2.45, 2.75) is 37.2 Å². The first-order valence-electron chi connectivity index (χ1n) is 10.4. The van der Waals surface area contributed by atoms with Gasteiger partial charge in [-0.05, 0) is 49.2 Å². The number of rotatable bonds is 3. The number of nitrogens with one attached hydrogen (secondary N) is 1. The molecule has 9 nitrogen and oxygen atoms in total. The predicted octanol–water partition coefficient (Wildman–Crippen LogP) is 3.41. The fourth-order valence-electron chi connectivity index (χ4n) is 4.05. The molecule has 2 aliphatic heterocycles. The molecule has 0 amide bonds. The van der Waals surface area contributed by atoms with Gasteiger partial charge in [-0.3, -0.25) is 4.79 Å². The van der Waals surface area contributed by atoms with Crippen molar-refractivity contribution in [3.05, 3.63) is 63.2 Å². The zero-order chi connectivity index (χ0) is 23.2. The number of esters is 1. The second-order valence-corrected chi connectivity index (χ2v) is 9.89. The summed E-state index contributed by atoms with van der Waals surface area (Å²) in [4.78, 5) is 33.6. The molecule has 11 heteroatoms. The Hall–Kier alpha value is -3.24. The average Bonchev–Trinajstić information content (AvgIpc) is 3.02. The lowest BCUT2D eigenvalue weighted by Crippen LogP contribution is -2.35. The van der Waals surface area contributed by atoms with Crippen molar-refractivity contribution in [1.29, 1.82) is 0 Å². The number of aromatic amines is 1. The molecule has 0 atom stereocenters. The van der Waals surface area contributed by atoms with Crippen LogP contribution in [0.4, 0.5) is 5.69 Å². The van der Waals surface area contributed by atoms with E-state index in [9.17, 15) is 18.0 Å². The molecule has 1 saturated heterocycles. The number of H-pyrrole nitrogens is 1. The second kappa shape index (κ2) is 8.27. The van der Waals surface area contributed by atoms with Crippen molar-refractivity contribution in [3.8, 4) is 0 Å². The van der Waals surface area contributed by atoms with E-state index in [0.29, 0.717) is 40.4 Å². The van der Waals surface area contributed by atoms with Gasteiger partial charge >= 0.3 is 5.97 Å². The third-order valence-corrected chi connectivity index (χ3v) is 7.21. The highest BCUT2D eigenvalue weighted by molar-refractivity contribution is 7.90. The Labute approximate surface area is 194 Å². The minimum absolute atomic E-state index is 0.0190. The van der Waals surface area contributed by atoms with Crippen molar-refractivity contribution >= 4 is 50.0 Å². The maximum Gasteiger partial charge on any atom is 0.338 e. The van der Waals surface area contributed by atoms with Gasteiger partial charge in [0.15, 0.2) is 0 Å². The van der Waals surface area contributed by atoms with Crippen LogP contribution < -0.4 is 10.5 Å². The van der Waals surface area contributed by atoms with E-state index in [4.69, 9.17) is 16.3 Å². The highest BCUT2D eigenvalue weighted by Gasteiger charge is 2.32. The molecule has 0 radical (unpaired) electrons. The van der Waals surface area contributed by atoms with E-state index >= 15 is 0 Å². The minimum Gasteiger partial charge on any atom is -0.454 e. The van der Waals surface area contributed by atoms with Crippen molar-refractivity contribution in [3.63, 3.8) is 0 Å².